The lowest BCUT2D eigenvalue weighted by Gasteiger charge is -2.31. The normalized spacial score (nSPS) is 17.0. The van der Waals surface area contributed by atoms with Crippen LogP contribution in [-0.4, -0.2) is 32.7 Å². The number of benzene rings is 4. The first-order valence-electron chi connectivity index (χ1n) is 16.9. The Kier molecular flexibility index (Phi) is 11.6. The molecule has 2 heterocycles. The largest absolute Gasteiger partial charge is 0.744 e. The minimum atomic E-state index is -4.51. The molecule has 2 aliphatic rings. The molecule has 0 atom stereocenters. The Labute approximate surface area is 343 Å². The number of anilines is 1. The summed E-state index contributed by atoms with van der Waals surface area (Å²) in [6, 6.07) is 26.3. The van der Waals surface area contributed by atoms with E-state index < -0.39 is 10.1 Å². The van der Waals surface area contributed by atoms with E-state index in [1.54, 1.807) is 23.1 Å². The Balaban J connectivity index is 1.16. The van der Waals surface area contributed by atoms with Crippen molar-refractivity contribution in [2.45, 2.75) is 43.0 Å². The first kappa shape index (κ1) is 38.4. The lowest BCUT2D eigenvalue weighted by molar-refractivity contribution is -0.669. The molecule has 0 amide bonds. The quantitative estimate of drug-likeness (QED) is 0.0963. The Morgan fingerprint density at radius 2 is 1.51 bits per heavy atom. The molecule has 13 heteroatoms. The summed E-state index contributed by atoms with van der Waals surface area (Å²) in [6.45, 7) is 6.84. The van der Waals surface area contributed by atoms with Gasteiger partial charge in [0, 0.05) is 30.5 Å². The number of fused-ring (bicyclic) bond motifs is 2. The van der Waals surface area contributed by atoms with Crippen molar-refractivity contribution < 1.29 is 27.0 Å². The molecule has 0 saturated heterocycles. The van der Waals surface area contributed by atoms with Gasteiger partial charge in [-0.25, -0.2) is 8.42 Å². The molecule has 0 bridgehead atoms. The van der Waals surface area contributed by atoms with E-state index in [0.717, 1.165) is 42.7 Å². The molecule has 53 heavy (non-hydrogen) atoms. The summed E-state index contributed by atoms with van der Waals surface area (Å²) in [6.07, 6.45) is 8.90. The number of ether oxygens (including phenoxy) is 2. The van der Waals surface area contributed by atoms with Crippen molar-refractivity contribution in [3.63, 3.8) is 0 Å². The fourth-order valence-corrected chi connectivity index (χ4v) is 10.3. The highest BCUT2D eigenvalue weighted by Crippen LogP contribution is 2.48. The smallest absolute Gasteiger partial charge is 0.263 e. The number of allylic oxidation sites excluding steroid dienone is 4. The third-order valence-electron chi connectivity index (χ3n) is 8.83. The molecule has 0 unspecified atom stereocenters. The number of hydrogen-bond acceptors (Lipinski definition) is 8. The van der Waals surface area contributed by atoms with Crippen LogP contribution in [0.3, 0.4) is 0 Å². The van der Waals surface area contributed by atoms with Gasteiger partial charge in [0.1, 0.15) is 39.5 Å². The molecule has 5 aromatic rings. The lowest BCUT2D eigenvalue weighted by Crippen LogP contribution is -2.38. The van der Waals surface area contributed by atoms with Crippen LogP contribution in [0.5, 0.6) is 11.5 Å². The molecule has 0 fully saturated rings. The van der Waals surface area contributed by atoms with Gasteiger partial charge in [-0.15, -0.1) is 0 Å². The van der Waals surface area contributed by atoms with Crippen molar-refractivity contribution in [3.8, 4) is 11.5 Å². The maximum atomic E-state index is 11.4. The van der Waals surface area contributed by atoms with Crippen molar-refractivity contribution >= 4 is 103 Å². The number of thiazole rings is 1. The summed E-state index contributed by atoms with van der Waals surface area (Å²) in [4.78, 5) is 3.16. The van der Waals surface area contributed by atoms with Gasteiger partial charge in [-0.1, -0.05) is 90.8 Å². The topological polar surface area (TPSA) is 82.8 Å². The van der Waals surface area contributed by atoms with Crippen LogP contribution in [0, 0.1) is 5.41 Å². The van der Waals surface area contributed by atoms with Gasteiger partial charge < -0.3 is 18.9 Å². The maximum Gasteiger partial charge on any atom is 0.263 e. The molecule has 1 aromatic heterocycles. The van der Waals surface area contributed by atoms with Gasteiger partial charge in [-0.2, -0.15) is 4.57 Å². The zero-order chi connectivity index (χ0) is 37.3. The molecule has 7 nitrogen and oxygen atoms in total. The summed E-state index contributed by atoms with van der Waals surface area (Å²) >= 11 is 14.4. The van der Waals surface area contributed by atoms with Crippen molar-refractivity contribution in [3.05, 3.63) is 132 Å². The lowest BCUT2D eigenvalue weighted by atomic mass is 9.75. The zero-order valence-electron chi connectivity index (χ0n) is 28.9. The fraction of sp³-hybridized carbons (Fsp3) is 0.225. The van der Waals surface area contributed by atoms with Crippen LogP contribution >= 0.6 is 70.9 Å². The van der Waals surface area contributed by atoms with E-state index >= 15 is 0 Å². The number of nitrogens with zero attached hydrogens (tertiary/aromatic N) is 2. The monoisotopic (exact) mass is 956 g/mol. The summed E-state index contributed by atoms with van der Waals surface area (Å²) in [7, 11) is -4.51. The third-order valence-corrected chi connectivity index (χ3v) is 13.4. The zero-order valence-corrected chi connectivity index (χ0v) is 36.1. The average molecular weight is 960 g/mol. The van der Waals surface area contributed by atoms with Crippen LogP contribution in [0.25, 0.3) is 16.3 Å². The first-order valence-corrected chi connectivity index (χ1v) is 22.3. The Morgan fingerprint density at radius 3 is 2.25 bits per heavy atom. The minimum absolute atomic E-state index is 0.0546. The molecule has 0 spiro atoms. The standard InChI is InChI=1S/C40H35Br3N2O5S3/c1-40(2)24-26(20-38-44(34-22-29(42)5-13-36(34)51-38)15-17-49-31-7-3-28(41)4-8-31)19-27(25-40)21-39-45(35-23-30(43)6-14-37(35)52-39)16-18-50-32-9-11-33(12-10-32)53(46,47)48/h3-14,19-23H,15-18,24-25H2,1-2H3. The van der Waals surface area contributed by atoms with Crippen LogP contribution in [0.1, 0.15) is 31.7 Å². The fourth-order valence-electron chi connectivity index (χ4n) is 6.58. The molecule has 274 valence electrons. The molecular formula is C40H35Br3N2O5S3. The van der Waals surface area contributed by atoms with Gasteiger partial charge in [0.25, 0.3) is 5.01 Å². The number of halogens is 3. The van der Waals surface area contributed by atoms with E-state index in [9.17, 15) is 13.0 Å². The highest BCUT2D eigenvalue weighted by Gasteiger charge is 2.30. The Morgan fingerprint density at radius 1 is 0.849 bits per heavy atom. The van der Waals surface area contributed by atoms with Gasteiger partial charge >= 0.3 is 0 Å². The van der Waals surface area contributed by atoms with E-state index in [1.165, 1.54) is 55.5 Å². The Bertz CT molecular complexity index is 2370. The van der Waals surface area contributed by atoms with Gasteiger partial charge in [-0.3, -0.25) is 0 Å². The molecule has 0 saturated carbocycles. The molecule has 0 radical (unpaired) electrons. The molecular weight excluding hydrogens is 924 g/mol. The molecule has 0 N–H and O–H groups in total. The second-order valence-corrected chi connectivity index (χ2v) is 19.8. The van der Waals surface area contributed by atoms with Crippen molar-refractivity contribution in [1.29, 1.82) is 0 Å². The van der Waals surface area contributed by atoms with Gasteiger partial charge in [0.2, 0.25) is 5.52 Å². The molecule has 1 aliphatic heterocycles. The summed E-state index contributed by atoms with van der Waals surface area (Å²) in [5.41, 5.74) is 4.87. The van der Waals surface area contributed by atoms with Crippen molar-refractivity contribution in [2.75, 3.05) is 24.7 Å². The Hall–Kier alpha value is -2.91. The number of thioether (sulfide) groups is 1. The van der Waals surface area contributed by atoms with E-state index in [-0.39, 0.29) is 10.3 Å². The van der Waals surface area contributed by atoms with Gasteiger partial charge in [0.15, 0.2) is 6.54 Å². The number of aromatic nitrogens is 1. The van der Waals surface area contributed by atoms with Crippen molar-refractivity contribution in [1.82, 2.24) is 0 Å². The first-order chi connectivity index (χ1) is 25.3. The predicted octanol–water partition coefficient (Wildman–Crippen LogP) is 11.1. The third kappa shape index (κ3) is 9.49. The van der Waals surface area contributed by atoms with E-state index in [1.807, 2.05) is 24.3 Å². The highest BCUT2D eigenvalue weighted by molar-refractivity contribution is 9.11. The van der Waals surface area contributed by atoms with Gasteiger partial charge in [0.05, 0.1) is 22.2 Å². The van der Waals surface area contributed by atoms with Crippen LogP contribution in [0.2, 0.25) is 0 Å². The second-order valence-electron chi connectivity index (χ2n) is 13.6. The van der Waals surface area contributed by atoms with Crippen LogP contribution in [0.15, 0.2) is 136 Å². The predicted molar refractivity (Wildman–Crippen MR) is 224 cm³/mol. The molecule has 7 rings (SSSR count). The minimum Gasteiger partial charge on any atom is -0.744 e. The summed E-state index contributed by atoms with van der Waals surface area (Å²) in [5, 5.41) is 2.30. The van der Waals surface area contributed by atoms with E-state index in [0.29, 0.717) is 32.1 Å². The average Bonchev–Trinajstić information content (AvgIpc) is 3.60. The van der Waals surface area contributed by atoms with Crippen molar-refractivity contribution in [2.24, 2.45) is 5.41 Å². The molecule has 4 aromatic carbocycles. The maximum absolute atomic E-state index is 11.4. The SMILES string of the molecule is CC1(C)CC(C=C2Sc3ccc(Br)cc3N2CCOc2ccc(S(=O)(=O)[O-])cc2)=CC(=Cc2sc3ccc(Br)cc3[n+]2CCOc2ccc(Br)cc2)C1. The van der Waals surface area contributed by atoms with E-state index in [2.05, 4.69) is 126 Å². The summed E-state index contributed by atoms with van der Waals surface area (Å²) in [5.74, 6) is 1.34. The van der Waals surface area contributed by atoms with Crippen LogP contribution in [0.4, 0.5) is 5.69 Å². The second kappa shape index (κ2) is 16.1. The number of rotatable bonds is 11. The number of hydrogen-bond donors (Lipinski definition) is 0. The van der Waals surface area contributed by atoms with E-state index in [4.69, 9.17) is 9.47 Å². The highest BCUT2D eigenvalue weighted by atomic mass is 79.9. The summed E-state index contributed by atoms with van der Waals surface area (Å²) < 4.78 is 52.9. The van der Waals surface area contributed by atoms with Gasteiger partial charge in [-0.05, 0) is 114 Å². The molecule has 1 aliphatic carbocycles. The van der Waals surface area contributed by atoms with Crippen LogP contribution in [-0.2, 0) is 16.7 Å². The van der Waals surface area contributed by atoms with Crippen LogP contribution < -0.4 is 18.9 Å².